The number of hydrogen-bond acceptors (Lipinski definition) is 3. The summed E-state index contributed by atoms with van der Waals surface area (Å²) < 4.78 is 22.3. The number of rotatable bonds is 0. The minimum absolute atomic E-state index is 0.0593. The average Bonchev–Trinajstić information content (AvgIpc) is 3.55. The van der Waals surface area contributed by atoms with Gasteiger partial charge in [-0.15, -0.1) is 0 Å². The summed E-state index contributed by atoms with van der Waals surface area (Å²) in [6, 6.07) is 0. The van der Waals surface area contributed by atoms with Gasteiger partial charge < -0.3 is 4.74 Å². The second kappa shape index (κ2) is 4.73. The Morgan fingerprint density at radius 3 is 2.55 bits per heavy atom. The van der Waals surface area contributed by atoms with Gasteiger partial charge in [0, 0.05) is 29.1 Å². The van der Waals surface area contributed by atoms with E-state index in [0.717, 1.165) is 32.1 Å². The van der Waals surface area contributed by atoms with Crippen LogP contribution in [0.3, 0.4) is 0 Å². The Labute approximate surface area is 171 Å². The van der Waals surface area contributed by atoms with Crippen LogP contribution in [0.2, 0.25) is 0 Å². The quantitative estimate of drug-likeness (QED) is 0.564. The summed E-state index contributed by atoms with van der Waals surface area (Å²) in [5.41, 5.74) is 0.328. The maximum Gasteiger partial charge on any atom is 0.306 e. The zero-order chi connectivity index (χ0) is 20.0. The predicted octanol–water partition coefficient (Wildman–Crippen LogP) is 4.56. The van der Waals surface area contributed by atoms with Gasteiger partial charge in [0.1, 0.15) is 11.8 Å². The molecule has 0 radical (unpaired) electrons. The summed E-state index contributed by atoms with van der Waals surface area (Å²) >= 11 is 0. The molecule has 0 bridgehead atoms. The maximum absolute atomic E-state index is 16.2. The van der Waals surface area contributed by atoms with Crippen LogP contribution in [0, 0.1) is 45.8 Å². The first-order valence-corrected chi connectivity index (χ1v) is 11.6. The zero-order valence-corrected chi connectivity index (χ0v) is 17.2. The molecule has 6 fully saturated rings. The molecule has 0 aromatic rings. The molecular weight excluding hydrogens is 367 g/mol. The summed E-state index contributed by atoms with van der Waals surface area (Å²) in [7, 11) is 0. The van der Waals surface area contributed by atoms with Crippen molar-refractivity contribution in [1.82, 2.24) is 0 Å². The molecule has 1 heterocycles. The van der Waals surface area contributed by atoms with E-state index < -0.39 is 11.8 Å². The van der Waals surface area contributed by atoms with Crippen molar-refractivity contribution in [3.05, 3.63) is 23.8 Å². The highest BCUT2D eigenvalue weighted by atomic mass is 19.1. The van der Waals surface area contributed by atoms with Crippen LogP contribution in [0.15, 0.2) is 23.8 Å². The second-order valence-electron chi connectivity index (χ2n) is 11.8. The number of ether oxygens (including phenoxy) is 1. The Morgan fingerprint density at radius 1 is 1.07 bits per heavy atom. The van der Waals surface area contributed by atoms with Crippen molar-refractivity contribution >= 4 is 11.8 Å². The van der Waals surface area contributed by atoms with Gasteiger partial charge in [-0.2, -0.15) is 0 Å². The van der Waals surface area contributed by atoms with Crippen LogP contribution in [0.25, 0.3) is 0 Å². The molecule has 9 atom stereocenters. The van der Waals surface area contributed by atoms with E-state index >= 15 is 4.39 Å². The molecule has 0 aromatic heterocycles. The molecule has 0 amide bonds. The fraction of sp³-hybridized carbons (Fsp3) is 0.760. The molecule has 3 nitrogen and oxygen atoms in total. The number of ketones is 1. The Balaban J connectivity index is 1.37. The van der Waals surface area contributed by atoms with Crippen molar-refractivity contribution in [2.24, 2.45) is 45.8 Å². The summed E-state index contributed by atoms with van der Waals surface area (Å²) in [5, 5.41) is 0. The van der Waals surface area contributed by atoms with E-state index in [2.05, 4.69) is 13.8 Å². The van der Waals surface area contributed by atoms with Crippen LogP contribution >= 0.6 is 0 Å². The van der Waals surface area contributed by atoms with Crippen LogP contribution in [-0.2, 0) is 14.3 Å². The smallest absolute Gasteiger partial charge is 0.306 e. The number of alkyl halides is 1. The lowest BCUT2D eigenvalue weighted by molar-refractivity contribution is -0.186. The van der Waals surface area contributed by atoms with Gasteiger partial charge in [0.05, 0.1) is 0 Å². The highest BCUT2D eigenvalue weighted by molar-refractivity contribution is 6.01. The van der Waals surface area contributed by atoms with E-state index in [1.54, 1.807) is 6.08 Å². The summed E-state index contributed by atoms with van der Waals surface area (Å²) in [6.07, 6.45) is 10.9. The van der Waals surface area contributed by atoms with Gasteiger partial charge >= 0.3 is 5.97 Å². The number of halogens is 1. The summed E-state index contributed by atoms with van der Waals surface area (Å²) in [6.45, 7) is 4.44. The molecule has 1 aliphatic heterocycles. The lowest BCUT2D eigenvalue weighted by Crippen LogP contribution is -2.61. The number of carbonyl (C=O) groups excluding carboxylic acids is 2. The normalized spacial score (nSPS) is 57.7. The monoisotopic (exact) mass is 396 g/mol. The van der Waals surface area contributed by atoms with Crippen molar-refractivity contribution in [2.45, 2.75) is 70.6 Å². The van der Waals surface area contributed by atoms with Gasteiger partial charge in [0.25, 0.3) is 0 Å². The number of esters is 1. The molecular formula is C25H29FO3. The first-order chi connectivity index (χ1) is 13.7. The van der Waals surface area contributed by atoms with Crippen molar-refractivity contribution < 1.29 is 18.7 Å². The Morgan fingerprint density at radius 2 is 1.86 bits per heavy atom. The average molecular weight is 397 g/mol. The number of fused-ring (bicyclic) bond motifs is 10. The van der Waals surface area contributed by atoms with Gasteiger partial charge in [-0.1, -0.05) is 25.5 Å². The third-order valence-electron chi connectivity index (χ3n) is 10.7. The standard InChI is InChI=1S/C25H29FO3/c1-22-5-3-13(27)9-18(22)24(7-8-24)11-15-20-14-10-16(14)25(6-4-19(28)29-25)23(20,2)12-17(26)21(15)22/h3,5,9,14-17,20-21H,4,6-8,10-12H2,1-2H3/t14-,15?,16+,17+,20?,21?,22+,23+,25+/m1/s1. The fourth-order valence-electron chi connectivity index (χ4n) is 9.67. The summed E-state index contributed by atoms with van der Waals surface area (Å²) in [4.78, 5) is 24.4. The van der Waals surface area contributed by atoms with Crippen molar-refractivity contribution in [1.29, 1.82) is 0 Å². The lowest BCUT2D eigenvalue weighted by atomic mass is 9.43. The molecule has 1 saturated heterocycles. The highest BCUT2D eigenvalue weighted by Crippen LogP contribution is 2.81. The van der Waals surface area contributed by atoms with Crippen LogP contribution < -0.4 is 0 Å². The minimum Gasteiger partial charge on any atom is -0.458 e. The summed E-state index contributed by atoms with van der Waals surface area (Å²) in [5.74, 6) is 1.72. The lowest BCUT2D eigenvalue weighted by Gasteiger charge is -2.62. The molecule has 0 aromatic carbocycles. The van der Waals surface area contributed by atoms with Gasteiger partial charge in [-0.3, -0.25) is 9.59 Å². The van der Waals surface area contributed by atoms with Gasteiger partial charge in [0.2, 0.25) is 0 Å². The first-order valence-electron chi connectivity index (χ1n) is 11.6. The minimum atomic E-state index is -0.919. The third-order valence-corrected chi connectivity index (χ3v) is 10.7. The van der Waals surface area contributed by atoms with Crippen LogP contribution in [0.1, 0.15) is 58.8 Å². The Hall–Kier alpha value is -1.45. The molecule has 0 N–H and O–H groups in total. The van der Waals surface area contributed by atoms with Crippen molar-refractivity contribution in [3.63, 3.8) is 0 Å². The van der Waals surface area contributed by atoms with Crippen LogP contribution in [-0.4, -0.2) is 23.5 Å². The van der Waals surface area contributed by atoms with E-state index in [1.165, 1.54) is 5.57 Å². The molecule has 4 heteroatoms. The van der Waals surface area contributed by atoms with E-state index in [4.69, 9.17) is 4.74 Å². The van der Waals surface area contributed by atoms with Gasteiger partial charge in [0.15, 0.2) is 5.78 Å². The fourth-order valence-corrected chi connectivity index (χ4v) is 9.67. The molecule has 5 saturated carbocycles. The predicted molar refractivity (Wildman–Crippen MR) is 104 cm³/mol. The van der Waals surface area contributed by atoms with Crippen LogP contribution in [0.5, 0.6) is 0 Å². The Bertz CT molecular complexity index is 930. The molecule has 7 aliphatic rings. The number of hydrogen-bond donors (Lipinski definition) is 0. The molecule has 6 aliphatic carbocycles. The number of carbonyl (C=O) groups is 2. The second-order valence-corrected chi connectivity index (χ2v) is 11.8. The first kappa shape index (κ1) is 17.3. The topological polar surface area (TPSA) is 43.4 Å². The molecule has 154 valence electrons. The third kappa shape index (κ3) is 1.75. The van der Waals surface area contributed by atoms with E-state index in [1.807, 2.05) is 12.2 Å². The van der Waals surface area contributed by atoms with Gasteiger partial charge in [-0.05, 0) is 73.8 Å². The zero-order valence-electron chi connectivity index (χ0n) is 17.2. The maximum atomic E-state index is 16.2. The van der Waals surface area contributed by atoms with Crippen molar-refractivity contribution in [3.8, 4) is 0 Å². The largest absolute Gasteiger partial charge is 0.458 e. The molecule has 7 rings (SSSR count). The van der Waals surface area contributed by atoms with E-state index in [0.29, 0.717) is 36.5 Å². The molecule has 29 heavy (non-hydrogen) atoms. The van der Waals surface area contributed by atoms with Crippen molar-refractivity contribution in [2.75, 3.05) is 0 Å². The van der Waals surface area contributed by atoms with E-state index in [9.17, 15) is 9.59 Å². The highest BCUT2D eigenvalue weighted by Gasteiger charge is 2.81. The SMILES string of the molecule is C[C@]12C=CC(=O)C=C1C1(CC1)CC1C2[C@@H](F)C[C@@]2(C)C1[C@@H]1C[C@@H]1[C@@]21CCC(=O)O1. The molecule has 3 unspecified atom stereocenters. The van der Waals surface area contributed by atoms with E-state index in [-0.39, 0.29) is 33.9 Å². The van der Waals surface area contributed by atoms with Crippen LogP contribution in [0.4, 0.5) is 4.39 Å². The number of allylic oxidation sites excluding steroid dienone is 4. The molecule has 2 spiro atoms. The Kier molecular flexibility index (Phi) is 2.81. The van der Waals surface area contributed by atoms with Gasteiger partial charge in [-0.25, -0.2) is 4.39 Å².